The molecule has 0 bridgehead atoms. The summed E-state index contributed by atoms with van der Waals surface area (Å²) in [6.45, 7) is 2.22. The van der Waals surface area contributed by atoms with Crippen molar-refractivity contribution in [3.8, 4) is 0 Å². The molecule has 0 amide bonds. The van der Waals surface area contributed by atoms with Crippen molar-refractivity contribution in [2.45, 2.75) is 25.4 Å². The van der Waals surface area contributed by atoms with Crippen LogP contribution < -0.4 is 5.32 Å². The lowest BCUT2D eigenvalue weighted by atomic mass is 10.1. The highest BCUT2D eigenvalue weighted by Gasteiger charge is 2.24. The molecule has 0 saturated carbocycles. The standard InChI is InChI=1S/C13H17F3N2/c1-17-7-10-3-2-4-18(10)8-9-5-11(14)13(16)12(15)6-9/h5-6,10,17H,2-4,7-8H2,1H3. The number of benzene rings is 1. The molecule has 1 aromatic carbocycles. The van der Waals surface area contributed by atoms with E-state index in [2.05, 4.69) is 10.2 Å². The topological polar surface area (TPSA) is 15.3 Å². The van der Waals surface area contributed by atoms with Crippen LogP contribution in [0.25, 0.3) is 0 Å². The number of nitrogens with zero attached hydrogens (tertiary/aromatic N) is 1. The van der Waals surface area contributed by atoms with Gasteiger partial charge in [-0.05, 0) is 44.1 Å². The minimum absolute atomic E-state index is 0.381. The third kappa shape index (κ3) is 2.84. The van der Waals surface area contributed by atoms with Gasteiger partial charge in [0.1, 0.15) is 0 Å². The SMILES string of the molecule is CNCC1CCCN1Cc1cc(F)c(F)c(F)c1. The molecule has 5 heteroatoms. The van der Waals surface area contributed by atoms with Gasteiger partial charge in [0.15, 0.2) is 17.5 Å². The fourth-order valence-electron chi connectivity index (χ4n) is 2.50. The van der Waals surface area contributed by atoms with Gasteiger partial charge in [-0.15, -0.1) is 0 Å². The average Bonchev–Trinajstić information content (AvgIpc) is 2.74. The van der Waals surface area contributed by atoms with E-state index < -0.39 is 17.5 Å². The van der Waals surface area contributed by atoms with E-state index in [1.807, 2.05) is 7.05 Å². The number of rotatable bonds is 4. The fraction of sp³-hybridized carbons (Fsp3) is 0.538. The van der Waals surface area contributed by atoms with E-state index in [-0.39, 0.29) is 0 Å². The predicted octanol–water partition coefficient (Wildman–Crippen LogP) is 2.29. The normalized spacial score (nSPS) is 20.6. The van der Waals surface area contributed by atoms with Crippen molar-refractivity contribution in [2.75, 3.05) is 20.1 Å². The van der Waals surface area contributed by atoms with Gasteiger partial charge < -0.3 is 5.32 Å². The molecule has 0 aliphatic carbocycles. The van der Waals surface area contributed by atoms with E-state index >= 15 is 0 Å². The molecular formula is C13H17F3N2. The zero-order valence-electron chi connectivity index (χ0n) is 10.3. The number of likely N-dealkylation sites (tertiary alicyclic amines) is 1. The smallest absolute Gasteiger partial charge is 0.194 e. The van der Waals surface area contributed by atoms with Gasteiger partial charge in [-0.1, -0.05) is 0 Å². The van der Waals surface area contributed by atoms with Crippen LogP contribution in [0.3, 0.4) is 0 Å². The van der Waals surface area contributed by atoms with Gasteiger partial charge in [-0.3, -0.25) is 4.90 Å². The van der Waals surface area contributed by atoms with E-state index in [1.54, 1.807) is 0 Å². The molecular weight excluding hydrogens is 241 g/mol. The van der Waals surface area contributed by atoms with Gasteiger partial charge in [0.2, 0.25) is 0 Å². The molecule has 1 unspecified atom stereocenters. The molecule has 1 aliphatic rings. The first kappa shape index (κ1) is 13.4. The molecule has 2 nitrogen and oxygen atoms in total. The van der Waals surface area contributed by atoms with Crippen LogP contribution in [0.15, 0.2) is 12.1 Å². The lowest BCUT2D eigenvalue weighted by Crippen LogP contribution is -2.36. The molecule has 100 valence electrons. The molecule has 1 N–H and O–H groups in total. The van der Waals surface area contributed by atoms with E-state index in [9.17, 15) is 13.2 Å². The molecule has 1 heterocycles. The highest BCUT2D eigenvalue weighted by Crippen LogP contribution is 2.21. The van der Waals surface area contributed by atoms with E-state index in [1.165, 1.54) is 0 Å². The van der Waals surface area contributed by atoms with Crippen LogP contribution in [0.4, 0.5) is 13.2 Å². The van der Waals surface area contributed by atoms with E-state index in [0.29, 0.717) is 18.2 Å². The molecule has 1 atom stereocenters. The summed E-state index contributed by atoms with van der Waals surface area (Å²) in [6, 6.07) is 2.53. The highest BCUT2D eigenvalue weighted by atomic mass is 19.2. The summed E-state index contributed by atoms with van der Waals surface area (Å²) in [4.78, 5) is 2.17. The Kier molecular flexibility index (Phi) is 4.24. The molecule has 1 saturated heterocycles. The number of nitrogens with one attached hydrogen (secondary N) is 1. The Hall–Kier alpha value is -1.07. The minimum atomic E-state index is -1.40. The summed E-state index contributed by atoms with van der Waals surface area (Å²) in [5.74, 6) is -3.63. The Balaban J connectivity index is 2.09. The number of hydrogen-bond donors (Lipinski definition) is 1. The summed E-state index contributed by atoms with van der Waals surface area (Å²) < 4.78 is 39.1. The molecule has 18 heavy (non-hydrogen) atoms. The summed E-state index contributed by atoms with van der Waals surface area (Å²) in [5, 5.41) is 3.11. The van der Waals surface area contributed by atoms with Gasteiger partial charge in [0.05, 0.1) is 0 Å². The van der Waals surface area contributed by atoms with E-state index in [4.69, 9.17) is 0 Å². The van der Waals surface area contributed by atoms with Crippen LogP contribution >= 0.6 is 0 Å². The summed E-state index contributed by atoms with van der Waals surface area (Å²) in [7, 11) is 1.88. The van der Waals surface area contributed by atoms with Crippen molar-refractivity contribution in [1.29, 1.82) is 0 Å². The maximum absolute atomic E-state index is 13.1. The lowest BCUT2D eigenvalue weighted by Gasteiger charge is -2.24. The maximum Gasteiger partial charge on any atom is 0.194 e. The first-order valence-corrected chi connectivity index (χ1v) is 6.14. The largest absolute Gasteiger partial charge is 0.318 e. The number of likely N-dealkylation sites (N-methyl/N-ethyl adjacent to an activating group) is 1. The summed E-state index contributed by atoms with van der Waals surface area (Å²) in [6.07, 6.45) is 2.16. The monoisotopic (exact) mass is 258 g/mol. The molecule has 0 aromatic heterocycles. The summed E-state index contributed by atoms with van der Waals surface area (Å²) >= 11 is 0. The molecule has 1 fully saturated rings. The molecule has 2 rings (SSSR count). The number of hydrogen-bond acceptors (Lipinski definition) is 2. The van der Waals surface area contributed by atoms with Gasteiger partial charge >= 0.3 is 0 Å². The van der Waals surface area contributed by atoms with Gasteiger partial charge in [-0.2, -0.15) is 0 Å². The maximum atomic E-state index is 13.1. The quantitative estimate of drug-likeness (QED) is 0.834. The third-order valence-corrected chi connectivity index (χ3v) is 3.37. The predicted molar refractivity (Wildman–Crippen MR) is 63.7 cm³/mol. The third-order valence-electron chi connectivity index (χ3n) is 3.37. The second kappa shape index (κ2) is 5.71. The molecule has 0 spiro atoms. The first-order valence-electron chi connectivity index (χ1n) is 6.14. The zero-order valence-corrected chi connectivity index (χ0v) is 10.3. The van der Waals surface area contributed by atoms with Crippen LogP contribution in [0.1, 0.15) is 18.4 Å². The van der Waals surface area contributed by atoms with Crippen LogP contribution in [0.2, 0.25) is 0 Å². The van der Waals surface area contributed by atoms with Crippen LogP contribution in [0, 0.1) is 17.5 Å². The Morgan fingerprint density at radius 1 is 1.28 bits per heavy atom. The Labute approximate surface area is 105 Å². The number of halogens is 3. The van der Waals surface area contributed by atoms with Crippen molar-refractivity contribution in [3.63, 3.8) is 0 Å². The minimum Gasteiger partial charge on any atom is -0.318 e. The average molecular weight is 258 g/mol. The van der Waals surface area contributed by atoms with Gasteiger partial charge in [-0.25, -0.2) is 13.2 Å². The van der Waals surface area contributed by atoms with Gasteiger partial charge in [0, 0.05) is 19.1 Å². The van der Waals surface area contributed by atoms with Crippen molar-refractivity contribution in [3.05, 3.63) is 35.1 Å². The first-order chi connectivity index (χ1) is 8.61. The lowest BCUT2D eigenvalue weighted by molar-refractivity contribution is 0.241. The summed E-state index contributed by atoms with van der Waals surface area (Å²) in [5.41, 5.74) is 0.481. The van der Waals surface area contributed by atoms with Crippen molar-refractivity contribution in [1.82, 2.24) is 10.2 Å². The van der Waals surface area contributed by atoms with Crippen LogP contribution in [-0.4, -0.2) is 31.1 Å². The van der Waals surface area contributed by atoms with Crippen molar-refractivity contribution in [2.24, 2.45) is 0 Å². The molecule has 1 aromatic rings. The van der Waals surface area contributed by atoms with E-state index in [0.717, 1.165) is 38.1 Å². The molecule has 1 aliphatic heterocycles. The highest BCUT2D eigenvalue weighted by molar-refractivity contribution is 5.19. The second-order valence-electron chi connectivity index (χ2n) is 4.70. The van der Waals surface area contributed by atoms with Crippen molar-refractivity contribution >= 4 is 0 Å². The van der Waals surface area contributed by atoms with Crippen molar-refractivity contribution < 1.29 is 13.2 Å². The zero-order chi connectivity index (χ0) is 13.1. The van der Waals surface area contributed by atoms with Crippen LogP contribution in [0.5, 0.6) is 0 Å². The Bertz CT molecular complexity index is 400. The molecule has 0 radical (unpaired) electrons. The van der Waals surface area contributed by atoms with Gasteiger partial charge in [0.25, 0.3) is 0 Å². The Morgan fingerprint density at radius 2 is 1.94 bits per heavy atom. The second-order valence-corrected chi connectivity index (χ2v) is 4.70. The Morgan fingerprint density at radius 3 is 2.56 bits per heavy atom. The van der Waals surface area contributed by atoms with Crippen LogP contribution in [-0.2, 0) is 6.54 Å². The fourth-order valence-corrected chi connectivity index (χ4v) is 2.50.